The Morgan fingerprint density at radius 1 is 1.21 bits per heavy atom. The van der Waals surface area contributed by atoms with Crippen LogP contribution in [0.4, 0.5) is 5.69 Å². The van der Waals surface area contributed by atoms with Crippen molar-refractivity contribution in [1.29, 1.82) is 0 Å². The van der Waals surface area contributed by atoms with Crippen LogP contribution in [0.15, 0.2) is 12.1 Å². The van der Waals surface area contributed by atoms with Gasteiger partial charge < -0.3 is 14.8 Å². The fraction of sp³-hybridized carbons (Fsp3) is 0.588. The molecule has 1 aromatic carbocycles. The van der Waals surface area contributed by atoms with Crippen molar-refractivity contribution in [3.8, 4) is 11.5 Å². The number of hydrogen-bond acceptors (Lipinski definition) is 5. The van der Waals surface area contributed by atoms with Crippen LogP contribution in [0.5, 0.6) is 11.5 Å². The van der Waals surface area contributed by atoms with E-state index in [0.717, 1.165) is 32.1 Å². The fourth-order valence-corrected chi connectivity index (χ4v) is 2.48. The Labute approximate surface area is 142 Å². The molecule has 0 spiro atoms. The highest BCUT2D eigenvalue weighted by Gasteiger charge is 2.25. The molecule has 0 bridgehead atoms. The first-order valence-corrected chi connectivity index (χ1v) is 8.19. The number of hydrogen-bond donors (Lipinski definition) is 1. The van der Waals surface area contributed by atoms with E-state index < -0.39 is 10.8 Å². The SMILES string of the molecule is CCCCCC(CC)NC(=O)c1cc(OC)c(OC)cc1[N+](=O)[O-]. The van der Waals surface area contributed by atoms with Crippen molar-refractivity contribution >= 4 is 11.6 Å². The van der Waals surface area contributed by atoms with E-state index in [4.69, 9.17) is 9.47 Å². The zero-order valence-corrected chi connectivity index (χ0v) is 14.8. The largest absolute Gasteiger partial charge is 0.493 e. The average Bonchev–Trinajstić information content (AvgIpc) is 2.59. The summed E-state index contributed by atoms with van der Waals surface area (Å²) in [4.78, 5) is 23.2. The molecule has 134 valence electrons. The first-order valence-electron chi connectivity index (χ1n) is 8.19. The second-order valence-corrected chi connectivity index (χ2v) is 5.56. The van der Waals surface area contributed by atoms with Crippen molar-refractivity contribution in [2.45, 2.75) is 52.0 Å². The molecule has 1 N–H and O–H groups in total. The van der Waals surface area contributed by atoms with Crippen molar-refractivity contribution in [2.24, 2.45) is 0 Å². The number of rotatable bonds is 10. The van der Waals surface area contributed by atoms with Crippen molar-refractivity contribution < 1.29 is 19.2 Å². The molecule has 24 heavy (non-hydrogen) atoms. The molecular weight excluding hydrogens is 312 g/mol. The van der Waals surface area contributed by atoms with Crippen molar-refractivity contribution in [3.63, 3.8) is 0 Å². The molecule has 1 amide bonds. The Morgan fingerprint density at radius 2 is 1.83 bits per heavy atom. The zero-order chi connectivity index (χ0) is 18.1. The summed E-state index contributed by atoms with van der Waals surface area (Å²) in [5.41, 5.74) is -0.319. The Morgan fingerprint density at radius 3 is 2.33 bits per heavy atom. The number of unbranched alkanes of at least 4 members (excludes halogenated alkanes) is 2. The molecule has 0 heterocycles. The van der Waals surface area contributed by atoms with Gasteiger partial charge in [0.15, 0.2) is 11.5 Å². The first-order chi connectivity index (χ1) is 11.5. The summed E-state index contributed by atoms with van der Waals surface area (Å²) in [6.45, 7) is 4.10. The molecule has 7 nitrogen and oxygen atoms in total. The number of benzene rings is 1. The summed E-state index contributed by atoms with van der Waals surface area (Å²) in [5, 5.41) is 14.2. The third-order valence-corrected chi connectivity index (χ3v) is 3.93. The van der Waals surface area contributed by atoms with Gasteiger partial charge in [0.05, 0.1) is 25.2 Å². The predicted molar refractivity (Wildman–Crippen MR) is 91.9 cm³/mol. The molecule has 1 atom stereocenters. The third-order valence-electron chi connectivity index (χ3n) is 3.93. The number of carbonyl (C=O) groups excluding carboxylic acids is 1. The van der Waals surface area contributed by atoms with Crippen LogP contribution in [0.3, 0.4) is 0 Å². The minimum atomic E-state index is -0.588. The van der Waals surface area contributed by atoms with E-state index in [1.165, 1.54) is 26.4 Å². The highest BCUT2D eigenvalue weighted by molar-refractivity contribution is 5.99. The third kappa shape index (κ3) is 5.11. The van der Waals surface area contributed by atoms with Gasteiger partial charge in [0, 0.05) is 12.1 Å². The quantitative estimate of drug-likeness (QED) is 0.399. The van der Waals surface area contributed by atoms with Crippen LogP contribution in [0.2, 0.25) is 0 Å². The van der Waals surface area contributed by atoms with Gasteiger partial charge in [-0.05, 0) is 12.8 Å². The van der Waals surface area contributed by atoms with Crippen LogP contribution in [0.1, 0.15) is 56.3 Å². The number of carbonyl (C=O) groups is 1. The average molecular weight is 338 g/mol. The summed E-state index contributed by atoms with van der Waals surface area (Å²) in [6, 6.07) is 2.56. The summed E-state index contributed by atoms with van der Waals surface area (Å²) < 4.78 is 10.2. The van der Waals surface area contributed by atoms with E-state index in [0.29, 0.717) is 0 Å². The maximum atomic E-state index is 12.5. The molecular formula is C17H26N2O5. The highest BCUT2D eigenvalue weighted by Crippen LogP contribution is 2.34. The number of nitro groups is 1. The van der Waals surface area contributed by atoms with Gasteiger partial charge in [-0.2, -0.15) is 0 Å². The summed E-state index contributed by atoms with van der Waals surface area (Å²) in [6.07, 6.45) is 4.85. The number of nitro benzene ring substituents is 1. The van der Waals surface area contributed by atoms with Gasteiger partial charge in [0.2, 0.25) is 0 Å². The summed E-state index contributed by atoms with van der Waals surface area (Å²) in [7, 11) is 2.81. The molecule has 1 unspecified atom stereocenters. The Hall–Kier alpha value is -2.31. The van der Waals surface area contributed by atoms with E-state index >= 15 is 0 Å². The van der Waals surface area contributed by atoms with E-state index in [1.807, 2.05) is 6.92 Å². The molecule has 0 saturated heterocycles. The number of amides is 1. The molecule has 0 aliphatic carbocycles. The summed E-state index contributed by atoms with van der Waals surface area (Å²) in [5.74, 6) is 0.0361. The minimum absolute atomic E-state index is 0.00301. The Balaban J connectivity index is 3.05. The second kappa shape index (κ2) is 9.75. The summed E-state index contributed by atoms with van der Waals surface area (Å²) >= 11 is 0. The maximum absolute atomic E-state index is 12.5. The molecule has 0 aromatic heterocycles. The Kier molecular flexibility index (Phi) is 8.01. The fourth-order valence-electron chi connectivity index (χ4n) is 2.48. The monoisotopic (exact) mass is 338 g/mol. The van der Waals surface area contributed by atoms with Gasteiger partial charge in [-0.25, -0.2) is 0 Å². The van der Waals surface area contributed by atoms with Crippen molar-refractivity contribution in [3.05, 3.63) is 27.8 Å². The van der Waals surface area contributed by atoms with E-state index in [2.05, 4.69) is 12.2 Å². The highest BCUT2D eigenvalue weighted by atomic mass is 16.6. The number of ether oxygens (including phenoxy) is 2. The number of nitrogens with zero attached hydrogens (tertiary/aromatic N) is 1. The maximum Gasteiger partial charge on any atom is 0.286 e. The van der Waals surface area contributed by atoms with Gasteiger partial charge in [-0.15, -0.1) is 0 Å². The standard InChI is InChI=1S/C17H26N2O5/c1-5-7-8-9-12(6-2)18-17(20)13-10-15(23-3)16(24-4)11-14(13)19(21)22/h10-12H,5-9H2,1-4H3,(H,18,20). The van der Waals surface area contributed by atoms with E-state index in [1.54, 1.807) is 0 Å². The number of nitrogens with one attached hydrogen (secondary N) is 1. The molecule has 0 saturated carbocycles. The molecule has 0 aliphatic rings. The van der Waals surface area contributed by atoms with Crippen LogP contribution in [0, 0.1) is 10.1 Å². The van der Waals surface area contributed by atoms with Gasteiger partial charge >= 0.3 is 0 Å². The van der Waals surface area contributed by atoms with E-state index in [-0.39, 0.29) is 28.8 Å². The molecule has 0 aliphatic heterocycles. The van der Waals surface area contributed by atoms with Gasteiger partial charge in [0.25, 0.3) is 11.6 Å². The van der Waals surface area contributed by atoms with Gasteiger partial charge in [-0.1, -0.05) is 33.1 Å². The van der Waals surface area contributed by atoms with Crippen LogP contribution in [0.25, 0.3) is 0 Å². The smallest absolute Gasteiger partial charge is 0.286 e. The number of methoxy groups -OCH3 is 2. The normalized spacial score (nSPS) is 11.7. The lowest BCUT2D eigenvalue weighted by atomic mass is 10.0. The predicted octanol–water partition coefficient (Wildman–Crippen LogP) is 3.70. The van der Waals surface area contributed by atoms with Crippen molar-refractivity contribution in [2.75, 3.05) is 14.2 Å². The lowest BCUT2D eigenvalue weighted by Gasteiger charge is -2.17. The minimum Gasteiger partial charge on any atom is -0.493 e. The van der Waals surface area contributed by atoms with Crippen molar-refractivity contribution in [1.82, 2.24) is 5.32 Å². The lowest BCUT2D eigenvalue weighted by molar-refractivity contribution is -0.385. The first kappa shape index (κ1) is 19.7. The lowest BCUT2D eigenvalue weighted by Crippen LogP contribution is -2.34. The molecule has 0 fully saturated rings. The molecule has 1 aromatic rings. The molecule has 1 rings (SSSR count). The second-order valence-electron chi connectivity index (χ2n) is 5.56. The topological polar surface area (TPSA) is 90.7 Å². The zero-order valence-electron chi connectivity index (χ0n) is 14.8. The van der Waals surface area contributed by atoms with E-state index in [9.17, 15) is 14.9 Å². The molecule has 0 radical (unpaired) electrons. The van der Waals surface area contributed by atoms with Crippen LogP contribution < -0.4 is 14.8 Å². The van der Waals surface area contributed by atoms with Crippen LogP contribution >= 0.6 is 0 Å². The molecule has 7 heteroatoms. The van der Waals surface area contributed by atoms with Crippen LogP contribution in [-0.4, -0.2) is 31.1 Å². The van der Waals surface area contributed by atoms with Crippen LogP contribution in [-0.2, 0) is 0 Å². The Bertz CT molecular complexity index is 574. The van der Waals surface area contributed by atoms with Gasteiger partial charge in [-0.3, -0.25) is 14.9 Å². The van der Waals surface area contributed by atoms with Gasteiger partial charge in [0.1, 0.15) is 5.56 Å².